The topological polar surface area (TPSA) is 54.5 Å². The number of rotatable bonds is 6. The van der Waals surface area contributed by atoms with Crippen LogP contribution in [-0.4, -0.2) is 35.0 Å². The summed E-state index contributed by atoms with van der Waals surface area (Å²) in [5.41, 5.74) is 4.29. The van der Waals surface area contributed by atoms with Gasteiger partial charge in [-0.25, -0.2) is 0 Å². The molecular weight excluding hydrogens is 350 g/mol. The van der Waals surface area contributed by atoms with E-state index in [9.17, 15) is 4.79 Å². The Morgan fingerprint density at radius 1 is 1.38 bits per heavy atom. The Labute approximate surface area is 160 Å². The first-order valence-electron chi connectivity index (χ1n) is 9.20. The first kappa shape index (κ1) is 18.8. The van der Waals surface area contributed by atoms with Crippen LogP contribution in [0, 0.1) is 0 Å². The van der Waals surface area contributed by atoms with Crippen LogP contribution < -0.4 is 10.1 Å². The van der Waals surface area contributed by atoms with Gasteiger partial charge in [-0.3, -0.25) is 9.78 Å². The summed E-state index contributed by atoms with van der Waals surface area (Å²) in [6, 6.07) is 0.418. The third-order valence-electron chi connectivity index (χ3n) is 5.03. The van der Waals surface area contributed by atoms with Crippen LogP contribution in [-0.2, 0) is 0 Å². The molecule has 1 unspecified atom stereocenters. The molecule has 1 aliphatic heterocycles. The summed E-state index contributed by atoms with van der Waals surface area (Å²) >= 11 is 6.04. The van der Waals surface area contributed by atoms with Gasteiger partial charge in [0.2, 0.25) is 0 Å². The average molecular weight is 376 g/mol. The highest BCUT2D eigenvalue weighted by atomic mass is 35.5. The van der Waals surface area contributed by atoms with Crippen LogP contribution in [0.25, 0.3) is 0 Å². The molecule has 0 saturated carbocycles. The normalized spacial score (nSPS) is 20.3. The van der Waals surface area contributed by atoms with Crippen LogP contribution in [0.3, 0.4) is 0 Å². The monoisotopic (exact) mass is 375 g/mol. The zero-order valence-electron chi connectivity index (χ0n) is 15.6. The van der Waals surface area contributed by atoms with Crippen molar-refractivity contribution >= 4 is 17.9 Å². The van der Waals surface area contributed by atoms with Crippen molar-refractivity contribution in [2.45, 2.75) is 58.7 Å². The Morgan fingerprint density at radius 3 is 2.88 bits per heavy atom. The van der Waals surface area contributed by atoms with Crippen molar-refractivity contribution in [3.63, 3.8) is 0 Å². The molecule has 2 aliphatic rings. The smallest absolute Gasteiger partial charge is 0.155 e. The Kier molecular flexibility index (Phi) is 5.87. The number of nitrogens with zero attached hydrogens (tertiary/aromatic N) is 2. The lowest BCUT2D eigenvalue weighted by molar-refractivity contribution is 0.112. The number of hydrogen-bond donors (Lipinski definition) is 1. The summed E-state index contributed by atoms with van der Waals surface area (Å²) < 4.78 is 5.96. The maximum absolute atomic E-state index is 11.3. The van der Waals surface area contributed by atoms with Gasteiger partial charge in [0.15, 0.2) is 6.29 Å². The number of allylic oxidation sites excluding steroid dienone is 1. The molecule has 6 heteroatoms. The van der Waals surface area contributed by atoms with E-state index in [0.717, 1.165) is 25.5 Å². The fourth-order valence-corrected chi connectivity index (χ4v) is 3.98. The Hall–Kier alpha value is -2.01. The molecule has 0 saturated heterocycles. The van der Waals surface area contributed by atoms with E-state index in [4.69, 9.17) is 16.3 Å². The molecule has 26 heavy (non-hydrogen) atoms. The summed E-state index contributed by atoms with van der Waals surface area (Å²) in [6.45, 7) is 7.06. The molecule has 140 valence electrons. The van der Waals surface area contributed by atoms with E-state index >= 15 is 0 Å². The van der Waals surface area contributed by atoms with E-state index in [2.05, 4.69) is 42.2 Å². The second-order valence-corrected chi connectivity index (χ2v) is 7.51. The standard InChI is InChI=1S/C20H26ClN3O2/c1-13(2)24-14(3)23-9-19(24)16-7-5-4-6-15(16)12-26-20-10-22-8-18(21)17(20)11-25/h8-11,13-14,23H,4-7,12H2,1-3H3. The number of carbonyl (C=O) groups is 1. The van der Waals surface area contributed by atoms with Gasteiger partial charge in [-0.05, 0) is 57.6 Å². The van der Waals surface area contributed by atoms with Gasteiger partial charge in [-0.2, -0.15) is 0 Å². The lowest BCUT2D eigenvalue weighted by Crippen LogP contribution is -2.39. The highest BCUT2D eigenvalue weighted by Gasteiger charge is 2.29. The number of ether oxygens (including phenoxy) is 1. The Bertz CT molecular complexity index is 743. The summed E-state index contributed by atoms with van der Waals surface area (Å²) in [4.78, 5) is 17.8. The van der Waals surface area contributed by atoms with Gasteiger partial charge in [0.25, 0.3) is 0 Å². The van der Waals surface area contributed by atoms with E-state index in [-0.39, 0.29) is 0 Å². The number of pyridine rings is 1. The molecule has 1 aliphatic carbocycles. The van der Waals surface area contributed by atoms with Gasteiger partial charge in [0.05, 0.1) is 28.6 Å². The van der Waals surface area contributed by atoms with Gasteiger partial charge in [-0.15, -0.1) is 0 Å². The number of aldehydes is 1. The van der Waals surface area contributed by atoms with Gasteiger partial charge in [-0.1, -0.05) is 11.6 Å². The first-order chi connectivity index (χ1) is 12.5. The number of aromatic nitrogens is 1. The van der Waals surface area contributed by atoms with Crippen LogP contribution in [0.2, 0.25) is 5.02 Å². The van der Waals surface area contributed by atoms with Gasteiger partial charge in [0.1, 0.15) is 12.4 Å². The third kappa shape index (κ3) is 3.73. The number of carbonyl (C=O) groups excluding carboxylic acids is 1. The molecule has 2 heterocycles. The molecule has 1 atom stereocenters. The molecule has 1 aromatic rings. The number of halogens is 1. The second kappa shape index (κ2) is 8.12. The number of nitrogens with one attached hydrogen (secondary N) is 1. The lowest BCUT2D eigenvalue weighted by atomic mass is 9.89. The minimum atomic E-state index is 0.292. The highest BCUT2D eigenvalue weighted by molar-refractivity contribution is 6.33. The molecule has 3 rings (SSSR count). The van der Waals surface area contributed by atoms with Crippen molar-refractivity contribution in [2.24, 2.45) is 0 Å². The van der Waals surface area contributed by atoms with Crippen molar-refractivity contribution in [1.29, 1.82) is 0 Å². The quantitative estimate of drug-likeness (QED) is 0.751. The maximum Gasteiger partial charge on any atom is 0.155 e. The summed E-state index contributed by atoms with van der Waals surface area (Å²) in [5, 5.41) is 3.75. The Morgan fingerprint density at radius 2 is 2.15 bits per heavy atom. The second-order valence-electron chi connectivity index (χ2n) is 7.10. The molecule has 1 N–H and O–H groups in total. The molecule has 0 fully saturated rings. The molecule has 0 spiro atoms. The largest absolute Gasteiger partial charge is 0.487 e. The van der Waals surface area contributed by atoms with Crippen molar-refractivity contribution in [1.82, 2.24) is 15.2 Å². The van der Waals surface area contributed by atoms with Gasteiger partial charge in [0, 0.05) is 18.4 Å². The van der Waals surface area contributed by atoms with Crippen molar-refractivity contribution in [3.8, 4) is 5.75 Å². The third-order valence-corrected chi connectivity index (χ3v) is 5.33. The molecule has 1 aromatic heterocycles. The van der Waals surface area contributed by atoms with E-state index in [1.807, 2.05) is 0 Å². The Balaban J connectivity index is 1.85. The zero-order valence-corrected chi connectivity index (χ0v) is 16.3. The molecule has 0 bridgehead atoms. The first-order valence-corrected chi connectivity index (χ1v) is 9.58. The van der Waals surface area contributed by atoms with E-state index in [0.29, 0.717) is 35.2 Å². The fraction of sp³-hybridized carbons (Fsp3) is 0.500. The minimum absolute atomic E-state index is 0.292. The van der Waals surface area contributed by atoms with Crippen LogP contribution in [0.5, 0.6) is 5.75 Å². The zero-order chi connectivity index (χ0) is 18.7. The van der Waals surface area contributed by atoms with Crippen LogP contribution in [0.4, 0.5) is 0 Å². The van der Waals surface area contributed by atoms with Crippen LogP contribution in [0.15, 0.2) is 35.4 Å². The fourth-order valence-electron chi connectivity index (χ4n) is 3.79. The van der Waals surface area contributed by atoms with E-state index in [1.54, 1.807) is 6.20 Å². The predicted molar refractivity (Wildman–Crippen MR) is 103 cm³/mol. The summed E-state index contributed by atoms with van der Waals surface area (Å²) in [5.74, 6) is 0.442. The molecule has 0 radical (unpaired) electrons. The molecule has 0 aromatic carbocycles. The minimum Gasteiger partial charge on any atom is -0.487 e. The summed E-state index contributed by atoms with van der Waals surface area (Å²) in [6.07, 6.45) is 10.6. The van der Waals surface area contributed by atoms with E-state index < -0.39 is 0 Å². The van der Waals surface area contributed by atoms with Crippen LogP contribution >= 0.6 is 11.6 Å². The van der Waals surface area contributed by atoms with Crippen molar-refractivity contribution in [3.05, 3.63) is 46.0 Å². The van der Waals surface area contributed by atoms with Crippen molar-refractivity contribution < 1.29 is 9.53 Å². The maximum atomic E-state index is 11.3. The van der Waals surface area contributed by atoms with Gasteiger partial charge >= 0.3 is 0 Å². The molecule has 0 amide bonds. The number of hydrogen-bond acceptors (Lipinski definition) is 5. The average Bonchev–Trinajstić information content (AvgIpc) is 3.02. The lowest BCUT2D eigenvalue weighted by Gasteiger charge is -2.34. The van der Waals surface area contributed by atoms with Crippen molar-refractivity contribution in [2.75, 3.05) is 6.61 Å². The van der Waals surface area contributed by atoms with Crippen LogP contribution in [0.1, 0.15) is 56.8 Å². The van der Waals surface area contributed by atoms with E-state index in [1.165, 1.54) is 29.5 Å². The van der Waals surface area contributed by atoms with Gasteiger partial charge < -0.3 is 15.0 Å². The molecular formula is C20H26ClN3O2. The SMILES string of the molecule is CC(C)N1C(C2=C(COc3cncc(Cl)c3C=O)CCCC2)=CNC1C. The highest BCUT2D eigenvalue weighted by Crippen LogP contribution is 2.35. The summed E-state index contributed by atoms with van der Waals surface area (Å²) in [7, 11) is 0. The molecule has 5 nitrogen and oxygen atoms in total. The predicted octanol–water partition coefficient (Wildman–Crippen LogP) is 4.30.